The maximum absolute atomic E-state index is 12.7. The number of hydrogen-bond acceptors (Lipinski definition) is 6. The molecular formula is C17H16N2O4S. The van der Waals surface area contributed by atoms with E-state index in [1.54, 1.807) is 30.7 Å². The number of rotatable bonds is 3. The van der Waals surface area contributed by atoms with Gasteiger partial charge in [-0.15, -0.1) is 11.8 Å². The largest absolute Gasteiger partial charge is 0.468 e. The number of carbonyl (C=O) groups is 1. The summed E-state index contributed by atoms with van der Waals surface area (Å²) in [5, 5.41) is 4.18. The summed E-state index contributed by atoms with van der Waals surface area (Å²) in [6.45, 7) is 1.35. The summed E-state index contributed by atoms with van der Waals surface area (Å²) < 4.78 is 16.0. The zero-order chi connectivity index (χ0) is 16.4. The fourth-order valence-corrected chi connectivity index (χ4v) is 3.93. The molecule has 1 aliphatic heterocycles. The SMILES string of the molecule is O=C(c1cc(-c2ccco2)on1)N1CCSC(c2ccco2)CC1. The number of nitrogens with zero attached hydrogens (tertiary/aromatic N) is 2. The van der Waals surface area contributed by atoms with Gasteiger partial charge in [-0.25, -0.2) is 0 Å². The lowest BCUT2D eigenvalue weighted by molar-refractivity contribution is 0.0755. The van der Waals surface area contributed by atoms with E-state index in [4.69, 9.17) is 13.4 Å². The third kappa shape index (κ3) is 2.99. The van der Waals surface area contributed by atoms with Crippen molar-refractivity contribution in [2.75, 3.05) is 18.8 Å². The van der Waals surface area contributed by atoms with Gasteiger partial charge in [0.1, 0.15) is 5.76 Å². The van der Waals surface area contributed by atoms with Gasteiger partial charge in [0.05, 0.1) is 17.8 Å². The molecule has 4 rings (SSSR count). The summed E-state index contributed by atoms with van der Waals surface area (Å²) in [7, 11) is 0. The van der Waals surface area contributed by atoms with Crippen molar-refractivity contribution in [3.63, 3.8) is 0 Å². The molecular weight excluding hydrogens is 328 g/mol. The highest BCUT2D eigenvalue weighted by molar-refractivity contribution is 7.99. The van der Waals surface area contributed by atoms with Crippen molar-refractivity contribution in [1.29, 1.82) is 0 Å². The zero-order valence-electron chi connectivity index (χ0n) is 12.9. The van der Waals surface area contributed by atoms with E-state index in [0.717, 1.165) is 17.9 Å². The minimum absolute atomic E-state index is 0.114. The smallest absolute Gasteiger partial charge is 0.276 e. The minimum atomic E-state index is -0.114. The molecule has 1 saturated heterocycles. The molecule has 124 valence electrons. The molecule has 3 aromatic rings. The van der Waals surface area contributed by atoms with Crippen molar-refractivity contribution < 1.29 is 18.2 Å². The van der Waals surface area contributed by atoms with Gasteiger partial charge in [-0.2, -0.15) is 0 Å². The molecule has 6 nitrogen and oxygen atoms in total. The van der Waals surface area contributed by atoms with Crippen LogP contribution in [0.4, 0.5) is 0 Å². The van der Waals surface area contributed by atoms with Crippen LogP contribution in [0.1, 0.15) is 27.9 Å². The lowest BCUT2D eigenvalue weighted by Gasteiger charge is -2.18. The first-order chi connectivity index (χ1) is 11.8. The molecule has 0 N–H and O–H groups in total. The lowest BCUT2D eigenvalue weighted by atomic mass is 10.2. The summed E-state index contributed by atoms with van der Waals surface area (Å²) >= 11 is 1.81. The molecule has 0 radical (unpaired) electrons. The molecule has 0 saturated carbocycles. The van der Waals surface area contributed by atoms with Gasteiger partial charge in [0.2, 0.25) is 5.76 Å². The number of thioether (sulfide) groups is 1. The van der Waals surface area contributed by atoms with E-state index in [1.165, 1.54) is 0 Å². The van der Waals surface area contributed by atoms with Gasteiger partial charge in [-0.05, 0) is 30.7 Å². The third-order valence-electron chi connectivity index (χ3n) is 3.98. The Kier molecular flexibility index (Phi) is 4.17. The fourth-order valence-electron chi connectivity index (χ4n) is 2.75. The number of aromatic nitrogens is 1. The predicted molar refractivity (Wildman–Crippen MR) is 88.6 cm³/mol. The van der Waals surface area contributed by atoms with Gasteiger partial charge in [0.25, 0.3) is 5.91 Å². The van der Waals surface area contributed by atoms with Crippen LogP contribution in [0, 0.1) is 0 Å². The first kappa shape index (κ1) is 15.1. The van der Waals surface area contributed by atoms with Crippen LogP contribution < -0.4 is 0 Å². The zero-order valence-corrected chi connectivity index (χ0v) is 13.7. The average molecular weight is 344 g/mol. The van der Waals surface area contributed by atoms with Crippen molar-refractivity contribution in [2.24, 2.45) is 0 Å². The standard InChI is InChI=1S/C17H16N2O4S/c20-17(12-11-15(23-18-12)13-3-1-8-21-13)19-6-5-16(24-10-7-19)14-4-2-9-22-14/h1-4,8-9,11,16H,5-7,10H2. The Bertz CT molecular complexity index is 795. The molecule has 0 aliphatic carbocycles. The molecule has 3 aromatic heterocycles. The van der Waals surface area contributed by atoms with Crippen LogP contribution in [0.15, 0.2) is 56.2 Å². The Labute approximate surface area is 142 Å². The lowest BCUT2D eigenvalue weighted by Crippen LogP contribution is -2.33. The van der Waals surface area contributed by atoms with Crippen LogP contribution in [0.5, 0.6) is 0 Å². The van der Waals surface area contributed by atoms with Crippen LogP contribution in [0.25, 0.3) is 11.5 Å². The second kappa shape index (κ2) is 6.60. The summed E-state index contributed by atoms with van der Waals surface area (Å²) in [6, 6.07) is 9.05. The number of furan rings is 2. The summed E-state index contributed by atoms with van der Waals surface area (Å²) in [5.74, 6) is 2.74. The van der Waals surface area contributed by atoms with Crippen molar-refractivity contribution in [3.05, 3.63) is 54.3 Å². The summed E-state index contributed by atoms with van der Waals surface area (Å²) in [6.07, 6.45) is 4.10. The molecule has 1 amide bonds. The van der Waals surface area contributed by atoms with E-state index in [0.29, 0.717) is 30.3 Å². The molecule has 1 atom stereocenters. The first-order valence-electron chi connectivity index (χ1n) is 7.76. The predicted octanol–water partition coefficient (Wildman–Crippen LogP) is 3.85. The van der Waals surface area contributed by atoms with Crippen LogP contribution in [0.3, 0.4) is 0 Å². The van der Waals surface area contributed by atoms with Crippen LogP contribution in [0.2, 0.25) is 0 Å². The molecule has 1 unspecified atom stereocenters. The second-order valence-corrected chi connectivity index (χ2v) is 6.82. The monoisotopic (exact) mass is 344 g/mol. The first-order valence-corrected chi connectivity index (χ1v) is 8.81. The quantitative estimate of drug-likeness (QED) is 0.718. The van der Waals surface area contributed by atoms with E-state index in [9.17, 15) is 4.79 Å². The highest BCUT2D eigenvalue weighted by Gasteiger charge is 2.26. The van der Waals surface area contributed by atoms with E-state index < -0.39 is 0 Å². The van der Waals surface area contributed by atoms with E-state index in [-0.39, 0.29) is 11.2 Å². The van der Waals surface area contributed by atoms with Crippen LogP contribution >= 0.6 is 11.8 Å². The number of carbonyl (C=O) groups excluding carboxylic acids is 1. The molecule has 7 heteroatoms. The molecule has 1 fully saturated rings. The summed E-state index contributed by atoms with van der Waals surface area (Å²) in [5.41, 5.74) is 0.308. The number of amides is 1. The molecule has 24 heavy (non-hydrogen) atoms. The fraction of sp³-hybridized carbons (Fsp3) is 0.294. The molecule has 0 bridgehead atoms. The van der Waals surface area contributed by atoms with Crippen molar-refractivity contribution in [1.82, 2.24) is 10.1 Å². The van der Waals surface area contributed by atoms with Gasteiger partial charge in [0, 0.05) is 24.9 Å². The van der Waals surface area contributed by atoms with Gasteiger partial charge in [-0.1, -0.05) is 5.16 Å². The van der Waals surface area contributed by atoms with Crippen molar-refractivity contribution >= 4 is 17.7 Å². The topological polar surface area (TPSA) is 72.6 Å². The Balaban J connectivity index is 1.45. The third-order valence-corrected chi connectivity index (χ3v) is 5.27. The second-order valence-electron chi connectivity index (χ2n) is 5.51. The van der Waals surface area contributed by atoms with Gasteiger partial charge < -0.3 is 18.3 Å². The molecule has 0 spiro atoms. The van der Waals surface area contributed by atoms with E-state index in [1.807, 2.05) is 28.8 Å². The Morgan fingerprint density at radius 2 is 2.04 bits per heavy atom. The highest BCUT2D eigenvalue weighted by atomic mass is 32.2. The Hall–Kier alpha value is -2.41. The van der Waals surface area contributed by atoms with Gasteiger partial charge in [0.15, 0.2) is 11.5 Å². The maximum Gasteiger partial charge on any atom is 0.276 e. The van der Waals surface area contributed by atoms with Crippen LogP contribution in [-0.4, -0.2) is 34.8 Å². The summed E-state index contributed by atoms with van der Waals surface area (Å²) in [4.78, 5) is 14.5. The van der Waals surface area contributed by atoms with Crippen LogP contribution in [-0.2, 0) is 0 Å². The molecule has 0 aromatic carbocycles. The molecule has 4 heterocycles. The normalized spacial score (nSPS) is 18.5. The van der Waals surface area contributed by atoms with Crippen molar-refractivity contribution in [3.8, 4) is 11.5 Å². The Morgan fingerprint density at radius 3 is 2.83 bits per heavy atom. The average Bonchev–Trinajstić information content (AvgIpc) is 3.33. The number of hydrogen-bond donors (Lipinski definition) is 0. The highest BCUT2D eigenvalue weighted by Crippen LogP contribution is 2.34. The molecule has 1 aliphatic rings. The van der Waals surface area contributed by atoms with E-state index in [2.05, 4.69) is 5.16 Å². The van der Waals surface area contributed by atoms with Gasteiger partial charge in [-0.3, -0.25) is 4.79 Å². The Morgan fingerprint density at radius 1 is 1.17 bits per heavy atom. The van der Waals surface area contributed by atoms with E-state index >= 15 is 0 Å². The van der Waals surface area contributed by atoms with Gasteiger partial charge >= 0.3 is 0 Å². The van der Waals surface area contributed by atoms with Crippen molar-refractivity contribution in [2.45, 2.75) is 11.7 Å². The minimum Gasteiger partial charge on any atom is -0.468 e. The maximum atomic E-state index is 12.7.